The van der Waals surface area contributed by atoms with E-state index in [1.54, 1.807) is 0 Å². The minimum Gasteiger partial charge on any atom is -0.396 e. The van der Waals surface area contributed by atoms with Crippen molar-refractivity contribution in [1.29, 1.82) is 0 Å². The second-order valence-corrected chi connectivity index (χ2v) is 3.20. The van der Waals surface area contributed by atoms with Gasteiger partial charge < -0.3 is 10.8 Å². The minimum absolute atomic E-state index is 0. The van der Waals surface area contributed by atoms with E-state index in [9.17, 15) is 13.2 Å². The van der Waals surface area contributed by atoms with Gasteiger partial charge in [-0.15, -0.1) is 12.4 Å². The Hall–Kier alpha value is -0.780. The van der Waals surface area contributed by atoms with Gasteiger partial charge in [-0.05, 0) is 18.1 Å². The second-order valence-electron chi connectivity index (χ2n) is 3.20. The monoisotopic (exact) mass is 255 g/mol. The summed E-state index contributed by atoms with van der Waals surface area (Å²) in [5.41, 5.74) is 4.84. The molecule has 0 spiro atoms. The molecule has 3 N–H and O–H groups in total. The van der Waals surface area contributed by atoms with Gasteiger partial charge in [-0.2, -0.15) is 13.2 Å². The van der Waals surface area contributed by atoms with Gasteiger partial charge in [0, 0.05) is 12.6 Å². The zero-order valence-corrected chi connectivity index (χ0v) is 9.18. The van der Waals surface area contributed by atoms with Crippen LogP contribution in [0.25, 0.3) is 0 Å². The molecule has 0 fully saturated rings. The van der Waals surface area contributed by atoms with Crippen molar-refractivity contribution in [2.24, 2.45) is 5.73 Å². The highest BCUT2D eigenvalue weighted by Crippen LogP contribution is 2.34. The van der Waals surface area contributed by atoms with Crippen molar-refractivity contribution < 1.29 is 18.3 Å². The zero-order valence-electron chi connectivity index (χ0n) is 8.37. The topological polar surface area (TPSA) is 46.2 Å². The number of alkyl halides is 3. The van der Waals surface area contributed by atoms with Gasteiger partial charge in [0.25, 0.3) is 0 Å². The molecule has 0 saturated carbocycles. The molecule has 1 atom stereocenters. The molecule has 6 heteroatoms. The zero-order chi connectivity index (χ0) is 11.5. The molecule has 1 aromatic rings. The molecule has 1 rings (SSSR count). The van der Waals surface area contributed by atoms with Crippen molar-refractivity contribution in [3.05, 3.63) is 35.4 Å². The molecule has 0 bridgehead atoms. The molecule has 0 aromatic heterocycles. The lowest BCUT2D eigenvalue weighted by molar-refractivity contribution is -0.138. The Labute approximate surface area is 97.7 Å². The fraction of sp³-hybridized carbons (Fsp3) is 0.400. The number of aliphatic hydroxyl groups is 1. The number of benzene rings is 1. The Bertz CT molecular complexity index is 330. The third-order valence-corrected chi connectivity index (χ3v) is 2.11. The van der Waals surface area contributed by atoms with E-state index in [4.69, 9.17) is 10.8 Å². The van der Waals surface area contributed by atoms with Gasteiger partial charge in [0.15, 0.2) is 0 Å². The molecular formula is C10H13ClF3NO. The van der Waals surface area contributed by atoms with Crippen LogP contribution in [0, 0.1) is 0 Å². The molecule has 0 amide bonds. The molecule has 0 radical (unpaired) electrons. The summed E-state index contributed by atoms with van der Waals surface area (Å²) in [6.07, 6.45) is -4.28. The van der Waals surface area contributed by atoms with Gasteiger partial charge in [0.05, 0.1) is 5.56 Å². The highest BCUT2D eigenvalue weighted by atomic mass is 35.5. The van der Waals surface area contributed by atoms with Crippen LogP contribution >= 0.6 is 12.4 Å². The quantitative estimate of drug-likeness (QED) is 0.872. The summed E-state index contributed by atoms with van der Waals surface area (Å²) in [4.78, 5) is 0. The van der Waals surface area contributed by atoms with Gasteiger partial charge in [0.1, 0.15) is 0 Å². The first-order valence-corrected chi connectivity index (χ1v) is 4.49. The summed E-state index contributed by atoms with van der Waals surface area (Å²) < 4.78 is 37.6. The molecule has 16 heavy (non-hydrogen) atoms. The van der Waals surface area contributed by atoms with E-state index >= 15 is 0 Å². The van der Waals surface area contributed by atoms with E-state index < -0.39 is 17.8 Å². The minimum atomic E-state index is -4.40. The SMILES string of the molecule is Cl.N[C@@H](CCO)c1ccccc1C(F)(F)F. The number of rotatable bonds is 3. The van der Waals surface area contributed by atoms with Gasteiger partial charge in [-0.3, -0.25) is 0 Å². The van der Waals surface area contributed by atoms with Crippen LogP contribution in [-0.2, 0) is 6.18 Å². The maximum absolute atomic E-state index is 12.5. The van der Waals surface area contributed by atoms with Crippen LogP contribution in [0.3, 0.4) is 0 Å². The fourth-order valence-electron chi connectivity index (χ4n) is 1.37. The number of nitrogens with two attached hydrogens (primary N) is 1. The first-order chi connectivity index (χ1) is 6.96. The van der Waals surface area contributed by atoms with Crippen molar-refractivity contribution >= 4 is 12.4 Å². The Balaban J connectivity index is 0.00000225. The maximum Gasteiger partial charge on any atom is 0.416 e. The third-order valence-electron chi connectivity index (χ3n) is 2.11. The Morgan fingerprint density at radius 1 is 1.25 bits per heavy atom. The summed E-state index contributed by atoms with van der Waals surface area (Å²) in [6.45, 7) is -0.229. The molecule has 0 heterocycles. The molecular weight excluding hydrogens is 243 g/mol. The molecule has 0 unspecified atom stereocenters. The summed E-state index contributed by atoms with van der Waals surface area (Å²) in [7, 11) is 0. The second kappa shape index (κ2) is 6.08. The average molecular weight is 256 g/mol. The molecule has 0 saturated heterocycles. The Kier molecular flexibility index (Phi) is 5.78. The van der Waals surface area contributed by atoms with E-state index in [0.29, 0.717) is 0 Å². The molecule has 1 aromatic carbocycles. The maximum atomic E-state index is 12.5. The number of aliphatic hydroxyl groups excluding tert-OH is 1. The number of hydrogen-bond donors (Lipinski definition) is 2. The van der Waals surface area contributed by atoms with Crippen LogP contribution in [0.1, 0.15) is 23.6 Å². The van der Waals surface area contributed by atoms with E-state index in [2.05, 4.69) is 0 Å². The molecule has 0 aliphatic carbocycles. The number of halogens is 4. The predicted octanol–water partition coefficient (Wildman–Crippen LogP) is 2.51. The Morgan fingerprint density at radius 2 is 1.81 bits per heavy atom. The van der Waals surface area contributed by atoms with E-state index in [-0.39, 0.29) is 31.0 Å². The summed E-state index contributed by atoms with van der Waals surface area (Å²) in [5, 5.41) is 8.63. The number of hydrogen-bond acceptors (Lipinski definition) is 2. The fourth-order valence-corrected chi connectivity index (χ4v) is 1.37. The summed E-state index contributed by atoms with van der Waals surface area (Å²) in [6, 6.07) is 4.36. The van der Waals surface area contributed by atoms with Crippen LogP contribution in [0.5, 0.6) is 0 Å². The lowest BCUT2D eigenvalue weighted by Crippen LogP contribution is -2.18. The van der Waals surface area contributed by atoms with Crippen molar-refractivity contribution in [2.45, 2.75) is 18.6 Å². The highest BCUT2D eigenvalue weighted by Gasteiger charge is 2.34. The van der Waals surface area contributed by atoms with Crippen LogP contribution in [0.2, 0.25) is 0 Å². The van der Waals surface area contributed by atoms with Gasteiger partial charge in [-0.1, -0.05) is 18.2 Å². The standard InChI is InChI=1S/C10H12F3NO.ClH/c11-10(12,13)8-4-2-1-3-7(8)9(14)5-6-15;/h1-4,9,15H,5-6,14H2;1H/t9-;/m0./s1. The largest absolute Gasteiger partial charge is 0.416 e. The van der Waals surface area contributed by atoms with Crippen LogP contribution in [0.4, 0.5) is 13.2 Å². The van der Waals surface area contributed by atoms with Gasteiger partial charge in [-0.25, -0.2) is 0 Å². The van der Waals surface area contributed by atoms with Crippen LogP contribution < -0.4 is 5.73 Å². The van der Waals surface area contributed by atoms with Gasteiger partial charge >= 0.3 is 6.18 Å². The molecule has 2 nitrogen and oxygen atoms in total. The Morgan fingerprint density at radius 3 is 2.31 bits per heavy atom. The van der Waals surface area contributed by atoms with Crippen molar-refractivity contribution in [3.8, 4) is 0 Å². The first-order valence-electron chi connectivity index (χ1n) is 4.49. The lowest BCUT2D eigenvalue weighted by atomic mass is 9.98. The average Bonchev–Trinajstić information content (AvgIpc) is 2.17. The van der Waals surface area contributed by atoms with E-state index in [1.807, 2.05) is 0 Å². The van der Waals surface area contributed by atoms with Crippen molar-refractivity contribution in [1.82, 2.24) is 0 Å². The van der Waals surface area contributed by atoms with Crippen LogP contribution in [0.15, 0.2) is 24.3 Å². The highest BCUT2D eigenvalue weighted by molar-refractivity contribution is 5.85. The normalized spacial score (nSPS) is 13.1. The predicted molar refractivity (Wildman–Crippen MR) is 57.3 cm³/mol. The molecule has 92 valence electrons. The summed E-state index contributed by atoms with van der Waals surface area (Å²) >= 11 is 0. The van der Waals surface area contributed by atoms with Crippen molar-refractivity contribution in [2.75, 3.05) is 6.61 Å². The molecule has 0 aliphatic heterocycles. The van der Waals surface area contributed by atoms with Crippen molar-refractivity contribution in [3.63, 3.8) is 0 Å². The van der Waals surface area contributed by atoms with E-state index in [0.717, 1.165) is 6.07 Å². The summed E-state index contributed by atoms with van der Waals surface area (Å²) in [5.74, 6) is 0. The first kappa shape index (κ1) is 15.2. The van der Waals surface area contributed by atoms with E-state index in [1.165, 1.54) is 18.2 Å². The van der Waals surface area contributed by atoms with Crippen LogP contribution in [-0.4, -0.2) is 11.7 Å². The lowest BCUT2D eigenvalue weighted by Gasteiger charge is -2.17. The van der Waals surface area contributed by atoms with Gasteiger partial charge in [0.2, 0.25) is 0 Å². The molecule has 0 aliphatic rings. The smallest absolute Gasteiger partial charge is 0.396 e. The third kappa shape index (κ3) is 3.66.